The molecule has 2 N–H and O–H groups in total. The lowest BCUT2D eigenvalue weighted by atomic mass is 10.1. The molecule has 0 aromatic heterocycles. The molecule has 8 heteroatoms. The minimum Gasteiger partial charge on any atom is -0.480 e. The third kappa shape index (κ3) is 9.38. The van der Waals surface area contributed by atoms with E-state index in [2.05, 4.69) is 12.2 Å². The van der Waals surface area contributed by atoms with Gasteiger partial charge in [-0.05, 0) is 38.9 Å². The molecule has 1 aliphatic heterocycles. The van der Waals surface area contributed by atoms with Crippen molar-refractivity contribution in [2.75, 3.05) is 24.7 Å². The maximum absolute atomic E-state index is 12.7. The minimum absolute atomic E-state index is 0.273. The highest BCUT2D eigenvalue weighted by Crippen LogP contribution is 2.19. The van der Waals surface area contributed by atoms with E-state index < -0.39 is 24.1 Å². The van der Waals surface area contributed by atoms with Gasteiger partial charge in [0.15, 0.2) is 0 Å². The molecule has 168 valence electrons. The fraction of sp³-hybridized carbons (Fsp3) is 0.857. The van der Waals surface area contributed by atoms with Crippen LogP contribution in [0.25, 0.3) is 0 Å². The number of carboxylic acid groups (broad SMARTS) is 1. The highest BCUT2D eigenvalue weighted by Gasteiger charge is 2.36. The van der Waals surface area contributed by atoms with Crippen LogP contribution in [0.5, 0.6) is 0 Å². The van der Waals surface area contributed by atoms with Crippen LogP contribution in [0.2, 0.25) is 0 Å². The minimum atomic E-state index is -0.973. The van der Waals surface area contributed by atoms with Gasteiger partial charge in [-0.2, -0.15) is 11.8 Å². The molecule has 1 heterocycles. The number of nitrogens with one attached hydrogen (secondary N) is 1. The number of ether oxygens (including phenoxy) is 1. The smallest absolute Gasteiger partial charge is 0.326 e. The summed E-state index contributed by atoms with van der Waals surface area (Å²) in [6.45, 7) is 6.38. The fourth-order valence-corrected chi connectivity index (χ4v) is 4.56. The van der Waals surface area contributed by atoms with E-state index in [-0.39, 0.29) is 18.5 Å². The molecule has 0 bridgehead atoms. The highest BCUT2D eigenvalue weighted by molar-refractivity contribution is 7.99. The van der Waals surface area contributed by atoms with Gasteiger partial charge in [0.2, 0.25) is 5.91 Å². The Labute approximate surface area is 179 Å². The Bertz CT molecular complexity index is 517. The van der Waals surface area contributed by atoms with E-state index in [1.165, 1.54) is 37.0 Å². The molecule has 0 radical (unpaired) electrons. The second-order valence-corrected chi connectivity index (χ2v) is 8.71. The number of nitrogens with zero attached hydrogens (tertiary/aromatic N) is 1. The fourth-order valence-electron chi connectivity index (χ4n) is 3.52. The largest absolute Gasteiger partial charge is 0.480 e. The zero-order valence-corrected chi connectivity index (χ0v) is 19.0. The molecule has 1 fully saturated rings. The predicted octanol–water partition coefficient (Wildman–Crippen LogP) is 3.07. The number of hydrogen-bond acceptors (Lipinski definition) is 6. The van der Waals surface area contributed by atoms with Gasteiger partial charge in [-0.25, -0.2) is 4.79 Å². The van der Waals surface area contributed by atoms with Crippen molar-refractivity contribution in [2.24, 2.45) is 0 Å². The molecule has 0 spiro atoms. The van der Waals surface area contributed by atoms with Gasteiger partial charge in [0, 0.05) is 12.3 Å². The van der Waals surface area contributed by atoms with E-state index in [1.807, 2.05) is 0 Å². The van der Waals surface area contributed by atoms with Crippen molar-refractivity contribution in [3.8, 4) is 0 Å². The van der Waals surface area contributed by atoms with Crippen LogP contribution in [-0.2, 0) is 19.1 Å². The molecule has 1 unspecified atom stereocenters. The number of carbonyl (C=O) groups excluding carboxylic acids is 2. The lowest BCUT2D eigenvalue weighted by Gasteiger charge is -2.27. The van der Waals surface area contributed by atoms with E-state index in [0.29, 0.717) is 25.1 Å². The van der Waals surface area contributed by atoms with E-state index >= 15 is 0 Å². The first-order valence-electron chi connectivity index (χ1n) is 11.0. The average Bonchev–Trinajstić information content (AvgIpc) is 3.18. The number of thioether (sulfide) groups is 1. The summed E-state index contributed by atoms with van der Waals surface area (Å²) in [5.74, 6) is -0.101. The van der Waals surface area contributed by atoms with Gasteiger partial charge in [0.05, 0.1) is 12.6 Å². The number of likely N-dealkylation sites (tertiary alicyclic amines) is 1. The SMILES string of the molecule is CCCCCCCCSC[C@H](NC(C)C(=O)N1CCC[C@H]1C(=O)O)C(=O)OCC. The third-order valence-corrected chi connectivity index (χ3v) is 6.29. The Hall–Kier alpha value is -1.28. The van der Waals surface area contributed by atoms with Crippen LogP contribution in [0.3, 0.4) is 0 Å². The number of esters is 1. The molecule has 1 saturated heterocycles. The maximum Gasteiger partial charge on any atom is 0.326 e. The number of aliphatic carboxylic acids is 1. The van der Waals surface area contributed by atoms with Crippen LogP contribution in [0, 0.1) is 0 Å². The second-order valence-electron chi connectivity index (χ2n) is 7.56. The van der Waals surface area contributed by atoms with E-state index in [9.17, 15) is 19.5 Å². The van der Waals surface area contributed by atoms with E-state index in [4.69, 9.17) is 4.74 Å². The number of rotatable bonds is 15. The average molecular weight is 431 g/mol. The number of hydrogen-bond donors (Lipinski definition) is 2. The van der Waals surface area contributed by atoms with Crippen LogP contribution in [0.1, 0.15) is 72.1 Å². The monoisotopic (exact) mass is 430 g/mol. The standard InChI is InChI=1S/C21H38N2O5S/c1-4-6-7-8-9-10-14-29-15-17(21(27)28-5-2)22-16(3)19(24)23-13-11-12-18(23)20(25)26/h16-18,22H,4-15H2,1-3H3,(H,25,26)/t16?,17-,18-/m0/s1. The van der Waals surface area contributed by atoms with E-state index in [0.717, 1.165) is 12.2 Å². The van der Waals surface area contributed by atoms with Crippen LogP contribution >= 0.6 is 11.8 Å². The van der Waals surface area contributed by atoms with Gasteiger partial charge in [-0.15, -0.1) is 0 Å². The number of carboxylic acids is 1. The van der Waals surface area contributed by atoms with Crippen molar-refractivity contribution in [1.82, 2.24) is 10.2 Å². The van der Waals surface area contributed by atoms with Gasteiger partial charge < -0.3 is 14.7 Å². The maximum atomic E-state index is 12.7. The summed E-state index contributed by atoms with van der Waals surface area (Å²) in [7, 11) is 0. The Morgan fingerprint density at radius 2 is 1.86 bits per heavy atom. The zero-order valence-electron chi connectivity index (χ0n) is 18.2. The normalized spacial score (nSPS) is 18.4. The Morgan fingerprint density at radius 3 is 2.52 bits per heavy atom. The molecule has 1 aliphatic rings. The second kappa shape index (κ2) is 14.7. The lowest BCUT2D eigenvalue weighted by molar-refractivity contribution is -0.150. The molecule has 7 nitrogen and oxygen atoms in total. The van der Waals surface area contributed by atoms with Crippen LogP contribution in [0.4, 0.5) is 0 Å². The molecule has 1 rings (SSSR count). The summed E-state index contributed by atoms with van der Waals surface area (Å²) < 4.78 is 5.16. The van der Waals surface area contributed by atoms with Crippen LogP contribution in [-0.4, -0.2) is 70.6 Å². The van der Waals surface area contributed by atoms with Crippen molar-refractivity contribution >= 4 is 29.6 Å². The Kier molecular flexibility index (Phi) is 13.0. The summed E-state index contributed by atoms with van der Waals surface area (Å²) in [6.07, 6.45) is 8.53. The van der Waals surface area contributed by atoms with Gasteiger partial charge in [0.25, 0.3) is 0 Å². The van der Waals surface area contributed by atoms with Crippen LogP contribution < -0.4 is 5.32 Å². The number of unbranched alkanes of at least 4 members (excludes halogenated alkanes) is 5. The molecule has 0 aromatic rings. The molecule has 1 amide bonds. The molecule has 0 aliphatic carbocycles. The van der Waals surface area contributed by atoms with Crippen LogP contribution in [0.15, 0.2) is 0 Å². The van der Waals surface area contributed by atoms with Crippen molar-refractivity contribution in [3.63, 3.8) is 0 Å². The highest BCUT2D eigenvalue weighted by atomic mass is 32.2. The first-order valence-corrected chi connectivity index (χ1v) is 12.1. The zero-order chi connectivity index (χ0) is 21.6. The first-order chi connectivity index (χ1) is 13.9. The van der Waals surface area contributed by atoms with Crippen molar-refractivity contribution in [2.45, 2.75) is 90.3 Å². The molecule has 29 heavy (non-hydrogen) atoms. The van der Waals surface area contributed by atoms with Crippen molar-refractivity contribution < 1.29 is 24.2 Å². The van der Waals surface area contributed by atoms with Gasteiger partial charge in [-0.1, -0.05) is 39.0 Å². The van der Waals surface area contributed by atoms with E-state index in [1.54, 1.807) is 25.6 Å². The number of carbonyl (C=O) groups is 3. The summed E-state index contributed by atoms with van der Waals surface area (Å²) in [5, 5.41) is 12.4. The quantitative estimate of drug-likeness (QED) is 0.304. The Balaban J connectivity index is 2.49. The summed E-state index contributed by atoms with van der Waals surface area (Å²) in [6, 6.07) is -1.99. The topological polar surface area (TPSA) is 95.9 Å². The van der Waals surface area contributed by atoms with Crippen molar-refractivity contribution in [1.29, 1.82) is 0 Å². The van der Waals surface area contributed by atoms with Crippen molar-refractivity contribution in [3.05, 3.63) is 0 Å². The molecule has 3 atom stereocenters. The molecular weight excluding hydrogens is 392 g/mol. The molecular formula is C21H38N2O5S. The number of amides is 1. The lowest BCUT2D eigenvalue weighted by Crippen LogP contribution is -2.54. The van der Waals surface area contributed by atoms with Gasteiger partial charge >= 0.3 is 11.9 Å². The van der Waals surface area contributed by atoms with Gasteiger partial charge in [0.1, 0.15) is 12.1 Å². The summed E-state index contributed by atoms with van der Waals surface area (Å²) in [5.41, 5.74) is 0. The summed E-state index contributed by atoms with van der Waals surface area (Å²) in [4.78, 5) is 37.8. The molecule has 0 aromatic carbocycles. The summed E-state index contributed by atoms with van der Waals surface area (Å²) >= 11 is 1.69. The van der Waals surface area contributed by atoms with Gasteiger partial charge in [-0.3, -0.25) is 14.9 Å². The Morgan fingerprint density at radius 1 is 1.17 bits per heavy atom. The predicted molar refractivity (Wildman–Crippen MR) is 116 cm³/mol. The first kappa shape index (κ1) is 25.8. The third-order valence-electron chi connectivity index (χ3n) is 5.14. The molecule has 0 saturated carbocycles.